The highest BCUT2D eigenvalue weighted by atomic mass is 16.5. The van der Waals surface area contributed by atoms with Crippen LogP contribution in [-0.4, -0.2) is 0 Å². The Kier molecular flexibility index (Phi) is 4.67. The van der Waals surface area contributed by atoms with Gasteiger partial charge in [-0.2, -0.15) is 0 Å². The van der Waals surface area contributed by atoms with Crippen LogP contribution in [0.2, 0.25) is 0 Å². The molecule has 1 heterocycles. The molecule has 8 aromatic rings. The highest BCUT2D eigenvalue weighted by Gasteiger charge is 2.22. The van der Waals surface area contributed by atoms with Crippen molar-refractivity contribution in [3.63, 3.8) is 0 Å². The van der Waals surface area contributed by atoms with E-state index in [4.69, 9.17) is 4.74 Å². The summed E-state index contributed by atoms with van der Waals surface area (Å²) in [6.07, 6.45) is 0. The second kappa shape index (κ2) is 8.55. The first-order valence-corrected chi connectivity index (χ1v) is 14.1. The molecule has 0 atom stereocenters. The summed E-state index contributed by atoms with van der Waals surface area (Å²) >= 11 is 0. The van der Waals surface area contributed by atoms with E-state index in [0.29, 0.717) is 0 Å². The molecule has 0 saturated heterocycles. The van der Waals surface area contributed by atoms with Gasteiger partial charge < -0.3 is 4.74 Å². The van der Waals surface area contributed by atoms with E-state index in [1.165, 1.54) is 70.9 Å². The summed E-state index contributed by atoms with van der Waals surface area (Å²) in [5.41, 5.74) is 7.28. The zero-order valence-corrected chi connectivity index (χ0v) is 22.3. The van der Waals surface area contributed by atoms with Crippen molar-refractivity contribution in [2.24, 2.45) is 0 Å². The van der Waals surface area contributed by atoms with Crippen LogP contribution in [0.15, 0.2) is 146 Å². The number of fused-ring (bicyclic) bond motifs is 6. The molecule has 0 unspecified atom stereocenters. The lowest BCUT2D eigenvalue weighted by molar-refractivity contribution is 0.487. The molecule has 1 heteroatoms. The van der Waals surface area contributed by atoms with E-state index in [-0.39, 0.29) is 0 Å². The molecule has 1 aliphatic heterocycles. The van der Waals surface area contributed by atoms with Gasteiger partial charge in [-0.1, -0.05) is 103 Å². The summed E-state index contributed by atoms with van der Waals surface area (Å²) in [5, 5.41) is 9.87. The minimum absolute atomic E-state index is 0.911. The summed E-state index contributed by atoms with van der Waals surface area (Å²) in [6, 6.07) is 52.7. The predicted molar refractivity (Wildman–Crippen MR) is 173 cm³/mol. The Labute approximate surface area is 237 Å². The van der Waals surface area contributed by atoms with Crippen molar-refractivity contribution < 1.29 is 4.74 Å². The second-order valence-electron chi connectivity index (χ2n) is 11.0. The molecule has 0 radical (unpaired) electrons. The Morgan fingerprint density at radius 2 is 0.902 bits per heavy atom. The zero-order valence-electron chi connectivity index (χ0n) is 22.3. The number of para-hydroxylation sites is 1. The molecule has 1 nitrogen and oxygen atoms in total. The molecule has 0 aliphatic carbocycles. The van der Waals surface area contributed by atoms with Crippen LogP contribution in [-0.2, 0) is 0 Å². The molecule has 0 amide bonds. The van der Waals surface area contributed by atoms with Crippen molar-refractivity contribution in [2.75, 3.05) is 0 Å². The fourth-order valence-corrected chi connectivity index (χ4v) is 6.53. The molecule has 0 fully saturated rings. The molecule has 190 valence electrons. The fourth-order valence-electron chi connectivity index (χ4n) is 6.53. The third kappa shape index (κ3) is 3.49. The standard InChI is InChI=1S/C40H24O/c1-2-8-26-19-27(14-13-25(26)7-1)28-15-16-30-21-31(18-17-29(30)20-28)33-22-36-34-10-4-3-9-32(34)24-39-40(36)37(23-33)35-11-5-6-12-38(35)41-39/h1-24H. The third-order valence-electron chi connectivity index (χ3n) is 8.58. The van der Waals surface area contributed by atoms with Crippen molar-refractivity contribution in [2.45, 2.75) is 0 Å². The van der Waals surface area contributed by atoms with Crippen LogP contribution in [0.25, 0.3) is 76.5 Å². The lowest BCUT2D eigenvalue weighted by Gasteiger charge is -2.23. The molecular weight excluding hydrogens is 496 g/mol. The maximum atomic E-state index is 6.43. The van der Waals surface area contributed by atoms with E-state index in [9.17, 15) is 0 Å². The quantitative estimate of drug-likeness (QED) is 0.206. The van der Waals surface area contributed by atoms with Crippen molar-refractivity contribution in [3.05, 3.63) is 146 Å². The maximum Gasteiger partial charge on any atom is 0.136 e. The summed E-state index contributed by atoms with van der Waals surface area (Å²) in [7, 11) is 0. The zero-order chi connectivity index (χ0) is 26.9. The van der Waals surface area contributed by atoms with E-state index in [1.54, 1.807) is 0 Å². The average molecular weight is 521 g/mol. The number of ether oxygens (including phenoxy) is 1. The van der Waals surface area contributed by atoms with Crippen molar-refractivity contribution >= 4 is 43.1 Å². The van der Waals surface area contributed by atoms with Crippen molar-refractivity contribution in [3.8, 4) is 44.9 Å². The van der Waals surface area contributed by atoms with Crippen LogP contribution < -0.4 is 4.74 Å². The summed E-state index contributed by atoms with van der Waals surface area (Å²) in [5.74, 6) is 1.84. The predicted octanol–water partition coefficient (Wildman–Crippen LogP) is 11.4. The van der Waals surface area contributed by atoms with E-state index in [0.717, 1.165) is 17.1 Å². The molecule has 1 aliphatic rings. The number of hydrogen-bond acceptors (Lipinski definition) is 1. The van der Waals surface area contributed by atoms with Gasteiger partial charge in [0, 0.05) is 10.9 Å². The van der Waals surface area contributed by atoms with Gasteiger partial charge >= 0.3 is 0 Å². The molecule has 8 aromatic carbocycles. The monoisotopic (exact) mass is 520 g/mol. The van der Waals surface area contributed by atoms with Crippen LogP contribution >= 0.6 is 0 Å². The molecule has 0 bridgehead atoms. The molecular formula is C40H24O. The summed E-state index contributed by atoms with van der Waals surface area (Å²) < 4.78 is 6.43. The van der Waals surface area contributed by atoms with Gasteiger partial charge in [0.05, 0.1) is 0 Å². The molecule has 0 N–H and O–H groups in total. The Morgan fingerprint density at radius 1 is 0.317 bits per heavy atom. The lowest BCUT2D eigenvalue weighted by atomic mass is 9.88. The first-order valence-electron chi connectivity index (χ1n) is 14.1. The van der Waals surface area contributed by atoms with Crippen LogP contribution in [0.1, 0.15) is 0 Å². The van der Waals surface area contributed by atoms with Crippen LogP contribution in [0, 0.1) is 0 Å². The van der Waals surface area contributed by atoms with Crippen molar-refractivity contribution in [1.29, 1.82) is 0 Å². The Balaban J connectivity index is 1.22. The highest BCUT2D eigenvalue weighted by molar-refractivity contribution is 6.18. The minimum Gasteiger partial charge on any atom is -0.456 e. The van der Waals surface area contributed by atoms with Gasteiger partial charge in [-0.15, -0.1) is 0 Å². The number of rotatable bonds is 2. The van der Waals surface area contributed by atoms with E-state index >= 15 is 0 Å². The number of hydrogen-bond donors (Lipinski definition) is 0. The SMILES string of the molecule is c1ccc2c(c1)Oc1cc3ccccc3c3cc(-c4ccc5cc(-c6ccc7ccccc7c6)ccc5c4)cc-2c13. The lowest BCUT2D eigenvalue weighted by Crippen LogP contribution is -1.98. The van der Waals surface area contributed by atoms with E-state index < -0.39 is 0 Å². The van der Waals surface area contributed by atoms with Gasteiger partial charge in [0.25, 0.3) is 0 Å². The van der Waals surface area contributed by atoms with Crippen LogP contribution in [0.3, 0.4) is 0 Å². The van der Waals surface area contributed by atoms with E-state index in [1.807, 2.05) is 6.07 Å². The molecule has 0 saturated carbocycles. The topological polar surface area (TPSA) is 9.23 Å². The first kappa shape index (κ1) is 22.4. The maximum absolute atomic E-state index is 6.43. The fraction of sp³-hybridized carbons (Fsp3) is 0. The smallest absolute Gasteiger partial charge is 0.136 e. The number of benzene rings is 8. The summed E-state index contributed by atoms with van der Waals surface area (Å²) in [4.78, 5) is 0. The van der Waals surface area contributed by atoms with Gasteiger partial charge in [0.1, 0.15) is 11.5 Å². The molecule has 41 heavy (non-hydrogen) atoms. The van der Waals surface area contributed by atoms with Crippen molar-refractivity contribution in [1.82, 2.24) is 0 Å². The van der Waals surface area contributed by atoms with Gasteiger partial charge in [0.2, 0.25) is 0 Å². The van der Waals surface area contributed by atoms with Gasteiger partial charge in [0.15, 0.2) is 0 Å². The highest BCUT2D eigenvalue weighted by Crippen LogP contribution is 2.50. The molecule has 0 spiro atoms. The Morgan fingerprint density at radius 3 is 1.68 bits per heavy atom. The second-order valence-corrected chi connectivity index (χ2v) is 11.0. The Hall–Kier alpha value is -5.40. The summed E-state index contributed by atoms with van der Waals surface area (Å²) in [6.45, 7) is 0. The van der Waals surface area contributed by atoms with E-state index in [2.05, 4.69) is 140 Å². The normalized spacial score (nSPS) is 12.1. The minimum atomic E-state index is 0.911. The molecule has 0 aromatic heterocycles. The third-order valence-corrected chi connectivity index (χ3v) is 8.58. The van der Waals surface area contributed by atoms with Gasteiger partial charge in [-0.25, -0.2) is 0 Å². The molecule has 9 rings (SSSR count). The van der Waals surface area contributed by atoms with Gasteiger partial charge in [-0.05, 0) is 108 Å². The van der Waals surface area contributed by atoms with Gasteiger partial charge in [-0.3, -0.25) is 0 Å². The average Bonchev–Trinajstić information content (AvgIpc) is 3.04. The Bertz CT molecular complexity index is 2340. The van der Waals surface area contributed by atoms with Crippen LogP contribution in [0.4, 0.5) is 0 Å². The van der Waals surface area contributed by atoms with Crippen LogP contribution in [0.5, 0.6) is 11.5 Å². The largest absolute Gasteiger partial charge is 0.456 e. The first-order chi connectivity index (χ1) is 20.3.